The van der Waals surface area contributed by atoms with E-state index in [9.17, 15) is 9.90 Å². The van der Waals surface area contributed by atoms with Gasteiger partial charge in [-0.25, -0.2) is 0 Å². The monoisotopic (exact) mass is 165 g/mol. The molecule has 1 aromatic heterocycles. The van der Waals surface area contributed by atoms with Crippen LogP contribution in [-0.4, -0.2) is 10.1 Å². The Kier molecular flexibility index (Phi) is 1.64. The maximum absolute atomic E-state index is 11.2. The first-order valence-corrected chi connectivity index (χ1v) is 4.17. The van der Waals surface area contributed by atoms with E-state index in [2.05, 4.69) is 4.98 Å². The Morgan fingerprint density at radius 1 is 1.58 bits per heavy atom. The lowest BCUT2D eigenvalue weighted by atomic mass is 10.1. The summed E-state index contributed by atoms with van der Waals surface area (Å²) in [5, 5.41) is 9.35. The molecule has 2 N–H and O–H groups in total. The molecule has 0 atom stereocenters. The largest absolute Gasteiger partial charge is 0.507 e. The summed E-state index contributed by atoms with van der Waals surface area (Å²) in [6.07, 6.45) is 4.57. The van der Waals surface area contributed by atoms with Crippen LogP contribution in [-0.2, 0) is 6.42 Å². The van der Waals surface area contributed by atoms with Crippen LogP contribution in [0.5, 0.6) is 5.75 Å². The van der Waals surface area contributed by atoms with Gasteiger partial charge in [0.1, 0.15) is 5.75 Å². The predicted octanol–water partition coefficient (Wildman–Crippen LogP) is 1.03. The van der Waals surface area contributed by atoms with Gasteiger partial charge in [0, 0.05) is 6.20 Å². The maximum atomic E-state index is 11.2. The lowest BCUT2D eigenvalue weighted by molar-refractivity contribution is 0.464. The molecule has 1 aliphatic rings. The summed E-state index contributed by atoms with van der Waals surface area (Å²) in [6.45, 7) is 0. The second-order valence-electron chi connectivity index (χ2n) is 3.32. The second kappa shape index (κ2) is 2.66. The number of pyridine rings is 1. The van der Waals surface area contributed by atoms with Crippen LogP contribution in [0.25, 0.3) is 0 Å². The van der Waals surface area contributed by atoms with Gasteiger partial charge in [-0.1, -0.05) is 0 Å². The fourth-order valence-electron chi connectivity index (χ4n) is 1.31. The quantitative estimate of drug-likeness (QED) is 0.687. The third kappa shape index (κ3) is 1.35. The molecule has 0 spiro atoms. The first-order valence-electron chi connectivity index (χ1n) is 4.17. The first-order chi connectivity index (χ1) is 5.77. The SMILES string of the molecule is O=c1[nH]ccc(O)c1CC1CC1. The number of hydrogen-bond acceptors (Lipinski definition) is 2. The van der Waals surface area contributed by atoms with Crippen molar-refractivity contribution in [3.63, 3.8) is 0 Å². The molecule has 1 aromatic rings. The molecule has 1 heterocycles. The van der Waals surface area contributed by atoms with Crippen molar-refractivity contribution in [3.8, 4) is 5.75 Å². The Balaban J connectivity index is 2.32. The molecule has 0 saturated heterocycles. The number of rotatable bonds is 2. The van der Waals surface area contributed by atoms with E-state index in [-0.39, 0.29) is 11.3 Å². The Bertz CT molecular complexity index is 339. The second-order valence-corrected chi connectivity index (χ2v) is 3.32. The standard InChI is InChI=1S/C9H11NO2/c11-8-3-4-10-9(12)7(8)5-6-1-2-6/h3-4,6H,1-2,5H2,(H2,10,11,12). The summed E-state index contributed by atoms with van der Waals surface area (Å²) in [6, 6.07) is 1.53. The highest BCUT2D eigenvalue weighted by Crippen LogP contribution is 2.33. The molecule has 1 aliphatic carbocycles. The van der Waals surface area contributed by atoms with Gasteiger partial charge in [-0.15, -0.1) is 0 Å². The molecule has 2 rings (SSSR count). The van der Waals surface area contributed by atoms with Gasteiger partial charge < -0.3 is 10.1 Å². The number of hydrogen-bond donors (Lipinski definition) is 2. The smallest absolute Gasteiger partial charge is 0.254 e. The van der Waals surface area contributed by atoms with E-state index in [4.69, 9.17) is 0 Å². The van der Waals surface area contributed by atoms with E-state index in [1.807, 2.05) is 0 Å². The number of aromatic nitrogens is 1. The molecular weight excluding hydrogens is 154 g/mol. The van der Waals surface area contributed by atoms with E-state index in [0.717, 1.165) is 6.42 Å². The van der Waals surface area contributed by atoms with Gasteiger partial charge in [-0.3, -0.25) is 4.79 Å². The normalized spacial score (nSPS) is 16.3. The van der Waals surface area contributed by atoms with Gasteiger partial charge in [0.2, 0.25) is 0 Å². The topological polar surface area (TPSA) is 53.1 Å². The molecule has 0 amide bonds. The number of aromatic hydroxyl groups is 1. The molecule has 0 radical (unpaired) electrons. The lowest BCUT2D eigenvalue weighted by Gasteiger charge is -1.99. The molecule has 1 saturated carbocycles. The van der Waals surface area contributed by atoms with Crippen molar-refractivity contribution in [1.29, 1.82) is 0 Å². The van der Waals surface area contributed by atoms with Crippen LogP contribution in [0.4, 0.5) is 0 Å². The maximum Gasteiger partial charge on any atom is 0.254 e. The third-order valence-corrected chi connectivity index (χ3v) is 2.23. The van der Waals surface area contributed by atoms with E-state index in [1.54, 1.807) is 0 Å². The molecule has 0 unspecified atom stereocenters. The number of aromatic amines is 1. The van der Waals surface area contributed by atoms with Crippen molar-refractivity contribution in [2.24, 2.45) is 5.92 Å². The molecule has 1 fully saturated rings. The van der Waals surface area contributed by atoms with Gasteiger partial charge in [-0.2, -0.15) is 0 Å². The average molecular weight is 165 g/mol. The van der Waals surface area contributed by atoms with Gasteiger partial charge in [0.15, 0.2) is 0 Å². The highest BCUT2D eigenvalue weighted by atomic mass is 16.3. The third-order valence-electron chi connectivity index (χ3n) is 2.23. The van der Waals surface area contributed by atoms with Crippen molar-refractivity contribution in [1.82, 2.24) is 4.98 Å². The molecular formula is C9H11NO2. The van der Waals surface area contributed by atoms with Gasteiger partial charge in [0.25, 0.3) is 5.56 Å². The lowest BCUT2D eigenvalue weighted by Crippen LogP contribution is -2.12. The van der Waals surface area contributed by atoms with Crippen molar-refractivity contribution < 1.29 is 5.11 Å². The zero-order valence-electron chi connectivity index (χ0n) is 6.71. The Labute approximate surface area is 70.1 Å². The van der Waals surface area contributed by atoms with E-state index >= 15 is 0 Å². The van der Waals surface area contributed by atoms with Gasteiger partial charge in [-0.05, 0) is 31.2 Å². The van der Waals surface area contributed by atoms with Crippen LogP contribution in [0.15, 0.2) is 17.1 Å². The van der Waals surface area contributed by atoms with Crippen LogP contribution in [0.1, 0.15) is 18.4 Å². The van der Waals surface area contributed by atoms with Gasteiger partial charge >= 0.3 is 0 Å². The first kappa shape index (κ1) is 7.40. The zero-order chi connectivity index (χ0) is 8.55. The zero-order valence-corrected chi connectivity index (χ0v) is 6.71. The molecule has 12 heavy (non-hydrogen) atoms. The summed E-state index contributed by atoms with van der Waals surface area (Å²) < 4.78 is 0. The van der Waals surface area contributed by atoms with Crippen LogP contribution < -0.4 is 5.56 Å². The summed E-state index contributed by atoms with van der Waals surface area (Å²) >= 11 is 0. The fourth-order valence-corrected chi connectivity index (χ4v) is 1.31. The summed E-state index contributed by atoms with van der Waals surface area (Å²) in [4.78, 5) is 13.7. The highest BCUT2D eigenvalue weighted by Gasteiger charge is 2.24. The fraction of sp³-hybridized carbons (Fsp3) is 0.444. The van der Waals surface area contributed by atoms with Gasteiger partial charge in [0.05, 0.1) is 5.56 Å². The van der Waals surface area contributed by atoms with Crippen molar-refractivity contribution >= 4 is 0 Å². The van der Waals surface area contributed by atoms with E-state index in [0.29, 0.717) is 11.5 Å². The summed E-state index contributed by atoms with van der Waals surface area (Å²) in [5.74, 6) is 0.755. The molecule has 0 aromatic carbocycles. The minimum Gasteiger partial charge on any atom is -0.507 e. The summed E-state index contributed by atoms with van der Waals surface area (Å²) in [5.41, 5.74) is 0.391. The number of nitrogens with one attached hydrogen (secondary N) is 1. The molecule has 3 heteroatoms. The van der Waals surface area contributed by atoms with Crippen LogP contribution >= 0.6 is 0 Å². The summed E-state index contributed by atoms with van der Waals surface area (Å²) in [7, 11) is 0. The Hall–Kier alpha value is -1.25. The van der Waals surface area contributed by atoms with Crippen LogP contribution in [0.3, 0.4) is 0 Å². The average Bonchev–Trinajstić information content (AvgIpc) is 2.80. The van der Waals surface area contributed by atoms with E-state index in [1.165, 1.54) is 25.1 Å². The van der Waals surface area contributed by atoms with Crippen LogP contribution in [0.2, 0.25) is 0 Å². The molecule has 0 aliphatic heterocycles. The minimum absolute atomic E-state index is 0.130. The Morgan fingerprint density at radius 3 is 2.92 bits per heavy atom. The molecule has 64 valence electrons. The predicted molar refractivity (Wildman–Crippen MR) is 45.2 cm³/mol. The number of H-pyrrole nitrogens is 1. The molecule has 0 bridgehead atoms. The van der Waals surface area contributed by atoms with E-state index < -0.39 is 0 Å². The van der Waals surface area contributed by atoms with Crippen molar-refractivity contribution in [2.45, 2.75) is 19.3 Å². The highest BCUT2D eigenvalue weighted by molar-refractivity contribution is 5.29. The van der Waals surface area contributed by atoms with Crippen molar-refractivity contribution in [2.75, 3.05) is 0 Å². The molecule has 3 nitrogen and oxygen atoms in total. The van der Waals surface area contributed by atoms with Crippen molar-refractivity contribution in [3.05, 3.63) is 28.2 Å². The minimum atomic E-state index is -0.151. The Morgan fingerprint density at radius 2 is 2.33 bits per heavy atom. The van der Waals surface area contributed by atoms with Crippen LogP contribution in [0, 0.1) is 5.92 Å².